The van der Waals surface area contributed by atoms with Crippen LogP contribution < -0.4 is 14.7 Å². The summed E-state index contributed by atoms with van der Waals surface area (Å²) >= 11 is 0. The molecular weight excluding hydrogens is 590 g/mol. The summed E-state index contributed by atoms with van der Waals surface area (Å²) in [6.45, 7) is 21.0. The summed E-state index contributed by atoms with van der Waals surface area (Å²) in [5.74, 6) is 0.0101. The number of fused-ring (bicyclic) bond motifs is 1. The van der Waals surface area contributed by atoms with E-state index in [2.05, 4.69) is 65.8 Å². The Bertz CT molecular complexity index is 1610. The zero-order valence-corrected chi connectivity index (χ0v) is 29.2. The van der Waals surface area contributed by atoms with E-state index in [-0.39, 0.29) is 5.41 Å². The third-order valence-electron chi connectivity index (χ3n) is 9.91. The molecule has 0 unspecified atom stereocenters. The largest absolute Gasteiger partial charge is 0.479 e. The Hall–Kier alpha value is -3.69. The van der Waals surface area contributed by atoms with E-state index in [1.165, 1.54) is 16.8 Å². The number of pyridine rings is 2. The molecule has 6 rings (SSSR count). The van der Waals surface area contributed by atoms with Crippen LogP contribution >= 0.6 is 0 Å². The summed E-state index contributed by atoms with van der Waals surface area (Å²) < 4.78 is 11.8. The van der Waals surface area contributed by atoms with E-state index in [4.69, 9.17) is 19.4 Å². The van der Waals surface area contributed by atoms with Crippen molar-refractivity contribution in [3.05, 3.63) is 64.6 Å². The summed E-state index contributed by atoms with van der Waals surface area (Å²) in [5, 5.41) is 10.5. The number of benzene rings is 1. The molecule has 0 bridgehead atoms. The first-order valence-corrected chi connectivity index (χ1v) is 17.1. The van der Waals surface area contributed by atoms with Crippen molar-refractivity contribution in [2.45, 2.75) is 86.0 Å². The molecule has 3 aliphatic heterocycles. The molecule has 1 atom stereocenters. The van der Waals surface area contributed by atoms with E-state index in [0.717, 1.165) is 100 Å². The zero-order valence-electron chi connectivity index (χ0n) is 29.2. The van der Waals surface area contributed by atoms with E-state index in [9.17, 15) is 9.90 Å². The third-order valence-corrected chi connectivity index (χ3v) is 9.91. The van der Waals surface area contributed by atoms with Gasteiger partial charge >= 0.3 is 5.97 Å². The van der Waals surface area contributed by atoms with Gasteiger partial charge in [-0.2, -0.15) is 0 Å². The van der Waals surface area contributed by atoms with Gasteiger partial charge in [-0.15, -0.1) is 0 Å². The van der Waals surface area contributed by atoms with Crippen molar-refractivity contribution in [1.29, 1.82) is 0 Å². The van der Waals surface area contributed by atoms with Gasteiger partial charge in [0.05, 0.1) is 24.5 Å². The van der Waals surface area contributed by atoms with Crippen LogP contribution in [0.5, 0.6) is 0 Å². The molecule has 9 heteroatoms. The van der Waals surface area contributed by atoms with Crippen LogP contribution in [0.4, 0.5) is 17.2 Å². The van der Waals surface area contributed by atoms with Gasteiger partial charge < -0.3 is 29.3 Å². The van der Waals surface area contributed by atoms with Crippen molar-refractivity contribution >= 4 is 23.2 Å². The lowest BCUT2D eigenvalue weighted by atomic mass is 9.81. The minimum Gasteiger partial charge on any atom is -0.479 e. The number of hydrogen-bond acceptors (Lipinski definition) is 8. The Morgan fingerprint density at radius 3 is 2.34 bits per heavy atom. The van der Waals surface area contributed by atoms with Crippen molar-refractivity contribution in [1.82, 2.24) is 9.97 Å². The number of aliphatic carboxylic acids is 1. The van der Waals surface area contributed by atoms with Gasteiger partial charge in [0.2, 0.25) is 0 Å². The second kappa shape index (κ2) is 13.1. The molecule has 1 N–H and O–H groups in total. The maximum Gasteiger partial charge on any atom is 0.337 e. The average molecular weight is 642 g/mol. The lowest BCUT2D eigenvalue weighted by Crippen LogP contribution is -2.39. The predicted molar refractivity (Wildman–Crippen MR) is 188 cm³/mol. The quantitative estimate of drug-likeness (QED) is 0.302. The van der Waals surface area contributed by atoms with Crippen LogP contribution in [0.3, 0.4) is 0 Å². The number of morpholine rings is 1. The number of hydrogen-bond donors (Lipinski definition) is 1. The lowest BCUT2D eigenvalue weighted by Gasteiger charge is -2.41. The van der Waals surface area contributed by atoms with Crippen LogP contribution in [0, 0.1) is 19.3 Å². The number of anilines is 3. The number of ether oxygens (including phenoxy) is 2. The number of carboxylic acid groups (broad SMARTS) is 1. The number of aryl methyl sites for hydroxylation is 2. The third kappa shape index (κ3) is 7.26. The molecule has 47 heavy (non-hydrogen) atoms. The molecule has 1 aromatic carbocycles. The summed E-state index contributed by atoms with van der Waals surface area (Å²) in [5.41, 5.74) is 8.75. The molecule has 252 valence electrons. The van der Waals surface area contributed by atoms with Crippen LogP contribution in [0.2, 0.25) is 0 Å². The number of nitrogens with zero attached hydrogens (tertiary/aromatic N) is 5. The molecule has 0 saturated carbocycles. The van der Waals surface area contributed by atoms with Crippen LogP contribution in [0.25, 0.3) is 11.1 Å². The standard InChI is InChI=1S/C38H51N5O4/c1-25-32(34(42-16-12-38(6,7)13-17-42)33(26(2)40-25)35(36(44)45)47-37(3,4)5)28-8-9-29-24-43(15-11-27(29)22-28)31-23-30(10-14-39-31)41-18-20-46-21-19-41/h8-10,14,22-23,35H,11-13,15-21,24H2,1-7H3,(H,44,45)/t35-/m0/s1. The first-order valence-electron chi connectivity index (χ1n) is 17.1. The molecule has 0 spiro atoms. The highest BCUT2D eigenvalue weighted by atomic mass is 16.5. The Labute approximate surface area is 279 Å². The van der Waals surface area contributed by atoms with Gasteiger partial charge in [-0.05, 0) is 82.1 Å². The Morgan fingerprint density at radius 1 is 0.936 bits per heavy atom. The first kappa shape index (κ1) is 33.2. The zero-order chi connectivity index (χ0) is 33.5. The SMILES string of the molecule is Cc1nc(C)c([C@H](OC(C)(C)C)C(=O)O)c(N2CCC(C)(C)CC2)c1-c1ccc2c(c1)CCN(c1cc(N3CCOCC3)ccn1)C2. The highest BCUT2D eigenvalue weighted by Gasteiger charge is 2.36. The molecule has 0 amide bonds. The topological polar surface area (TPSA) is 91.3 Å². The van der Waals surface area contributed by atoms with Gasteiger partial charge in [0.1, 0.15) is 5.82 Å². The summed E-state index contributed by atoms with van der Waals surface area (Å²) in [7, 11) is 0. The normalized spacial score (nSPS) is 19.0. The number of piperidine rings is 1. The average Bonchev–Trinajstić information content (AvgIpc) is 3.03. The fourth-order valence-corrected chi connectivity index (χ4v) is 7.26. The molecule has 2 fully saturated rings. The molecule has 3 aromatic rings. The van der Waals surface area contributed by atoms with Crippen molar-refractivity contribution in [3.8, 4) is 11.1 Å². The molecule has 5 heterocycles. The minimum absolute atomic E-state index is 0.246. The maximum atomic E-state index is 12.9. The number of carbonyl (C=O) groups is 1. The fourth-order valence-electron chi connectivity index (χ4n) is 7.26. The maximum absolute atomic E-state index is 12.9. The van der Waals surface area contributed by atoms with Gasteiger partial charge in [-0.1, -0.05) is 32.0 Å². The number of carboxylic acids is 1. The summed E-state index contributed by atoms with van der Waals surface area (Å²) in [6, 6.07) is 11.0. The van der Waals surface area contributed by atoms with Crippen molar-refractivity contribution < 1.29 is 19.4 Å². The van der Waals surface area contributed by atoms with Crippen LogP contribution in [0.1, 0.15) is 81.6 Å². The smallest absolute Gasteiger partial charge is 0.337 e. The highest BCUT2D eigenvalue weighted by Crippen LogP contribution is 2.45. The van der Waals surface area contributed by atoms with E-state index >= 15 is 0 Å². The van der Waals surface area contributed by atoms with E-state index < -0.39 is 17.7 Å². The minimum atomic E-state index is -1.13. The Morgan fingerprint density at radius 2 is 1.66 bits per heavy atom. The molecule has 2 aromatic heterocycles. The predicted octanol–water partition coefficient (Wildman–Crippen LogP) is 6.73. The Kier molecular flexibility index (Phi) is 9.24. The van der Waals surface area contributed by atoms with Gasteiger partial charge in [-0.25, -0.2) is 9.78 Å². The summed E-state index contributed by atoms with van der Waals surface area (Å²) in [6.07, 6.45) is 3.76. The van der Waals surface area contributed by atoms with Gasteiger partial charge in [0, 0.05) is 79.7 Å². The molecule has 0 aliphatic carbocycles. The van der Waals surface area contributed by atoms with Crippen LogP contribution in [0.15, 0.2) is 36.5 Å². The van der Waals surface area contributed by atoms with Crippen molar-refractivity contribution in [3.63, 3.8) is 0 Å². The monoisotopic (exact) mass is 641 g/mol. The second-order valence-electron chi connectivity index (χ2n) is 15.1. The molecule has 3 aliphatic rings. The first-order chi connectivity index (χ1) is 22.3. The van der Waals surface area contributed by atoms with E-state index in [1.807, 2.05) is 33.9 Å². The van der Waals surface area contributed by atoms with E-state index in [0.29, 0.717) is 11.3 Å². The molecule has 0 radical (unpaired) electrons. The van der Waals surface area contributed by atoms with Crippen LogP contribution in [-0.2, 0) is 27.2 Å². The molecule has 2 saturated heterocycles. The van der Waals surface area contributed by atoms with Crippen molar-refractivity contribution in [2.75, 3.05) is 60.6 Å². The van der Waals surface area contributed by atoms with Crippen LogP contribution in [-0.4, -0.2) is 72.6 Å². The lowest BCUT2D eigenvalue weighted by molar-refractivity contribution is -0.160. The van der Waals surface area contributed by atoms with Gasteiger partial charge in [-0.3, -0.25) is 4.98 Å². The number of rotatable bonds is 7. The molecular formula is C38H51N5O4. The fraction of sp³-hybridized carbons (Fsp3) is 0.553. The number of aromatic nitrogens is 2. The van der Waals surface area contributed by atoms with Gasteiger partial charge in [0.15, 0.2) is 6.10 Å². The van der Waals surface area contributed by atoms with Gasteiger partial charge in [0.25, 0.3) is 0 Å². The van der Waals surface area contributed by atoms with E-state index in [1.54, 1.807) is 0 Å². The second-order valence-corrected chi connectivity index (χ2v) is 15.1. The Balaban J connectivity index is 1.37. The van der Waals surface area contributed by atoms with Crippen molar-refractivity contribution in [2.24, 2.45) is 5.41 Å². The highest BCUT2D eigenvalue weighted by molar-refractivity contribution is 5.88. The summed E-state index contributed by atoms with van der Waals surface area (Å²) in [4.78, 5) is 29.7. The molecule has 9 nitrogen and oxygen atoms in total.